The van der Waals surface area contributed by atoms with E-state index in [1.165, 1.54) is 24.3 Å². The summed E-state index contributed by atoms with van der Waals surface area (Å²) in [6.07, 6.45) is 0. The number of benzene rings is 1. The Morgan fingerprint density at radius 1 is 1.11 bits per heavy atom. The molecule has 1 aromatic carbocycles. The Hall–Kier alpha value is -2.56. The maximum atomic E-state index is 11.8. The minimum Gasteiger partial charge on any atom is -0.478 e. The highest BCUT2D eigenvalue weighted by Crippen LogP contribution is 2.07. The molecule has 0 radical (unpaired) electrons. The summed E-state index contributed by atoms with van der Waals surface area (Å²) in [5, 5.41) is 11.5. The van der Waals surface area contributed by atoms with Crippen molar-refractivity contribution in [2.75, 3.05) is 0 Å². The summed E-state index contributed by atoms with van der Waals surface area (Å²) in [5.74, 6) is 0.173. The molecule has 19 heavy (non-hydrogen) atoms. The van der Waals surface area contributed by atoms with Gasteiger partial charge >= 0.3 is 5.97 Å². The standard InChI is InChI=1S/C14H13NO4/c1-9-2-7-12(19-9)8-15-13(16)10-3-5-11(6-4-10)14(17)18/h2-7H,8H2,1H3,(H,15,16)(H,17,18). The molecule has 0 atom stereocenters. The fourth-order valence-electron chi connectivity index (χ4n) is 1.61. The molecule has 0 saturated carbocycles. The molecule has 1 heterocycles. The van der Waals surface area contributed by atoms with Crippen LogP contribution in [0.3, 0.4) is 0 Å². The van der Waals surface area contributed by atoms with Crippen molar-refractivity contribution in [1.82, 2.24) is 5.32 Å². The highest BCUT2D eigenvalue weighted by Gasteiger charge is 2.08. The molecule has 2 N–H and O–H groups in total. The number of amides is 1. The van der Waals surface area contributed by atoms with E-state index >= 15 is 0 Å². The van der Waals surface area contributed by atoms with E-state index in [1.54, 1.807) is 6.07 Å². The molecule has 0 aliphatic carbocycles. The van der Waals surface area contributed by atoms with E-state index in [2.05, 4.69) is 5.32 Å². The summed E-state index contributed by atoms with van der Waals surface area (Å²) in [6.45, 7) is 2.13. The number of aryl methyl sites for hydroxylation is 1. The molecule has 0 aliphatic heterocycles. The largest absolute Gasteiger partial charge is 0.478 e. The van der Waals surface area contributed by atoms with Gasteiger partial charge in [0.25, 0.3) is 5.91 Å². The van der Waals surface area contributed by atoms with Crippen molar-refractivity contribution in [3.8, 4) is 0 Å². The predicted molar refractivity (Wildman–Crippen MR) is 68.0 cm³/mol. The first-order valence-corrected chi connectivity index (χ1v) is 5.73. The van der Waals surface area contributed by atoms with Crippen LogP contribution in [-0.4, -0.2) is 17.0 Å². The minimum atomic E-state index is -1.02. The van der Waals surface area contributed by atoms with Gasteiger partial charge in [0.15, 0.2) is 0 Å². The van der Waals surface area contributed by atoms with Crippen LogP contribution in [0.4, 0.5) is 0 Å². The summed E-state index contributed by atoms with van der Waals surface area (Å²) in [4.78, 5) is 22.5. The van der Waals surface area contributed by atoms with Gasteiger partial charge in [-0.15, -0.1) is 0 Å². The topological polar surface area (TPSA) is 79.5 Å². The number of hydrogen-bond acceptors (Lipinski definition) is 3. The van der Waals surface area contributed by atoms with Crippen molar-refractivity contribution in [3.63, 3.8) is 0 Å². The third-order valence-corrected chi connectivity index (χ3v) is 2.61. The molecule has 1 aromatic heterocycles. The third-order valence-electron chi connectivity index (χ3n) is 2.61. The zero-order chi connectivity index (χ0) is 13.8. The molecule has 0 unspecified atom stereocenters. The number of carboxylic acids is 1. The molecule has 98 valence electrons. The van der Waals surface area contributed by atoms with E-state index in [9.17, 15) is 9.59 Å². The Morgan fingerprint density at radius 2 is 1.74 bits per heavy atom. The lowest BCUT2D eigenvalue weighted by Crippen LogP contribution is -2.22. The number of aromatic carboxylic acids is 1. The average Bonchev–Trinajstić information content (AvgIpc) is 2.82. The molecule has 0 aliphatic rings. The van der Waals surface area contributed by atoms with Gasteiger partial charge < -0.3 is 14.8 Å². The first kappa shape index (κ1) is 12.9. The Kier molecular flexibility index (Phi) is 3.66. The molecule has 2 aromatic rings. The number of carboxylic acid groups (broad SMARTS) is 1. The van der Waals surface area contributed by atoms with Gasteiger partial charge in [-0.3, -0.25) is 4.79 Å². The maximum absolute atomic E-state index is 11.8. The van der Waals surface area contributed by atoms with E-state index in [0.717, 1.165) is 5.76 Å². The first-order valence-electron chi connectivity index (χ1n) is 5.73. The molecule has 0 saturated heterocycles. The smallest absolute Gasteiger partial charge is 0.335 e. The molecule has 5 heteroatoms. The molecule has 5 nitrogen and oxygen atoms in total. The lowest BCUT2D eigenvalue weighted by Gasteiger charge is -2.03. The number of carbonyl (C=O) groups is 2. The second kappa shape index (κ2) is 5.39. The summed E-state index contributed by atoms with van der Waals surface area (Å²) < 4.78 is 5.33. The highest BCUT2D eigenvalue weighted by molar-refractivity contribution is 5.95. The molecule has 1 amide bonds. The summed E-state index contributed by atoms with van der Waals surface area (Å²) in [5.41, 5.74) is 0.562. The zero-order valence-corrected chi connectivity index (χ0v) is 10.3. The van der Waals surface area contributed by atoms with Gasteiger partial charge in [0, 0.05) is 5.56 Å². The molecule has 0 spiro atoms. The van der Waals surface area contributed by atoms with Crippen molar-refractivity contribution >= 4 is 11.9 Å². The Morgan fingerprint density at radius 3 is 2.26 bits per heavy atom. The molecule has 2 rings (SSSR count). The van der Waals surface area contributed by atoms with Gasteiger partial charge in [-0.25, -0.2) is 4.79 Å². The van der Waals surface area contributed by atoms with E-state index in [0.29, 0.717) is 17.9 Å². The highest BCUT2D eigenvalue weighted by atomic mass is 16.4. The van der Waals surface area contributed by atoms with Gasteiger partial charge in [-0.05, 0) is 43.3 Å². The first-order chi connectivity index (χ1) is 9.06. The summed E-state index contributed by atoms with van der Waals surface area (Å²) in [7, 11) is 0. The summed E-state index contributed by atoms with van der Waals surface area (Å²) >= 11 is 0. The van der Waals surface area contributed by atoms with Crippen molar-refractivity contribution in [3.05, 3.63) is 59.0 Å². The molecular weight excluding hydrogens is 246 g/mol. The minimum absolute atomic E-state index is 0.151. The van der Waals surface area contributed by atoms with Crippen LogP contribution in [0.2, 0.25) is 0 Å². The van der Waals surface area contributed by atoms with E-state index < -0.39 is 5.97 Å². The normalized spacial score (nSPS) is 10.2. The quantitative estimate of drug-likeness (QED) is 0.882. The Balaban J connectivity index is 1.98. The maximum Gasteiger partial charge on any atom is 0.335 e. The van der Waals surface area contributed by atoms with Gasteiger partial charge in [-0.1, -0.05) is 0 Å². The van der Waals surface area contributed by atoms with Gasteiger partial charge in [-0.2, -0.15) is 0 Å². The molecular formula is C14H13NO4. The van der Waals surface area contributed by atoms with Crippen LogP contribution in [-0.2, 0) is 6.54 Å². The number of hydrogen-bond donors (Lipinski definition) is 2. The van der Waals surface area contributed by atoms with Crippen molar-refractivity contribution in [1.29, 1.82) is 0 Å². The van der Waals surface area contributed by atoms with Crippen molar-refractivity contribution in [2.24, 2.45) is 0 Å². The number of carbonyl (C=O) groups excluding carboxylic acids is 1. The molecule has 0 fully saturated rings. The lowest BCUT2D eigenvalue weighted by atomic mass is 10.1. The predicted octanol–water partition coefficient (Wildman–Crippen LogP) is 2.22. The van der Waals surface area contributed by atoms with E-state index in [1.807, 2.05) is 13.0 Å². The monoisotopic (exact) mass is 259 g/mol. The number of rotatable bonds is 4. The number of nitrogens with one attached hydrogen (secondary N) is 1. The number of furan rings is 1. The summed E-state index contributed by atoms with van der Waals surface area (Å²) in [6, 6.07) is 9.37. The fourth-order valence-corrected chi connectivity index (χ4v) is 1.61. The van der Waals surface area contributed by atoms with E-state index in [4.69, 9.17) is 9.52 Å². The fraction of sp³-hybridized carbons (Fsp3) is 0.143. The second-order valence-corrected chi connectivity index (χ2v) is 4.08. The van der Waals surface area contributed by atoms with Crippen LogP contribution in [0.15, 0.2) is 40.8 Å². The average molecular weight is 259 g/mol. The van der Waals surface area contributed by atoms with Crippen LogP contribution < -0.4 is 5.32 Å². The SMILES string of the molecule is Cc1ccc(CNC(=O)c2ccc(C(=O)O)cc2)o1. The zero-order valence-electron chi connectivity index (χ0n) is 10.3. The van der Waals surface area contributed by atoms with Gasteiger partial charge in [0.05, 0.1) is 12.1 Å². The van der Waals surface area contributed by atoms with Crippen LogP contribution in [0, 0.1) is 6.92 Å². The second-order valence-electron chi connectivity index (χ2n) is 4.08. The van der Waals surface area contributed by atoms with Crippen molar-refractivity contribution in [2.45, 2.75) is 13.5 Å². The lowest BCUT2D eigenvalue weighted by molar-refractivity contribution is 0.0696. The van der Waals surface area contributed by atoms with Crippen LogP contribution in [0.5, 0.6) is 0 Å². The van der Waals surface area contributed by atoms with Crippen LogP contribution in [0.25, 0.3) is 0 Å². The third kappa shape index (κ3) is 3.22. The van der Waals surface area contributed by atoms with Gasteiger partial charge in [0.2, 0.25) is 0 Å². The van der Waals surface area contributed by atoms with Crippen LogP contribution in [0.1, 0.15) is 32.2 Å². The Bertz CT molecular complexity index is 598. The van der Waals surface area contributed by atoms with Gasteiger partial charge in [0.1, 0.15) is 11.5 Å². The Labute approximate surface area is 109 Å². The van der Waals surface area contributed by atoms with Crippen molar-refractivity contribution < 1.29 is 19.1 Å². The molecule has 0 bridgehead atoms. The van der Waals surface area contributed by atoms with Crippen LogP contribution >= 0.6 is 0 Å². The van der Waals surface area contributed by atoms with E-state index in [-0.39, 0.29) is 11.5 Å².